The fourth-order valence-corrected chi connectivity index (χ4v) is 14.8. The second-order valence-corrected chi connectivity index (χ2v) is 22.7. The number of nitrogens with zero attached hydrogens (tertiary/aromatic N) is 2. The average molecular weight is 1050 g/mol. The Kier molecular flexibility index (Phi) is 13.4. The Morgan fingerprint density at radius 2 is 0.444 bits per heavy atom. The van der Waals surface area contributed by atoms with Crippen LogP contribution >= 0.6 is 0 Å². The van der Waals surface area contributed by atoms with Crippen molar-refractivity contribution >= 4 is 58.4 Å². The molecule has 3 aliphatic carbocycles. The van der Waals surface area contributed by atoms with Crippen LogP contribution in [0.4, 0.5) is 34.1 Å². The van der Waals surface area contributed by atoms with Crippen molar-refractivity contribution in [2.75, 3.05) is 9.80 Å². The maximum atomic E-state index is 2.49. The molecule has 0 radical (unpaired) electrons. The van der Waals surface area contributed by atoms with E-state index < -0.39 is 0 Å². The standard InChI is InChI=1S/C79H72N2/c1-7-77(8-2)71-49-55(33-35-57-39-45-67-69-47-41-63(53-75(69)78(9-3,10-4)73(67)51-57)80(59-25-17-13-18-26-59)60-27-19-14-20-28-60)37-43-65(71)66-44-38-56(50-72(66)77)34-36-58-40-46-68-70-48-42-64(54-76(70)79(11-5,12-6)74(68)52-58)81(61-29-21-15-22-30-61)62-31-23-16-24-32-62/h13-54H,7-12H2,1-6H3/b35-33+,36-34+. The minimum atomic E-state index is -0.0804. The van der Waals surface area contributed by atoms with Crippen LogP contribution in [0.3, 0.4) is 0 Å². The van der Waals surface area contributed by atoms with Crippen LogP contribution in [0.1, 0.15) is 136 Å². The number of hydrogen-bond acceptors (Lipinski definition) is 2. The van der Waals surface area contributed by atoms with Gasteiger partial charge in [0, 0.05) is 50.4 Å². The van der Waals surface area contributed by atoms with Gasteiger partial charge in [-0.3, -0.25) is 0 Å². The molecule has 0 atom stereocenters. The normalized spacial score (nSPS) is 14.5. The van der Waals surface area contributed by atoms with E-state index in [-0.39, 0.29) is 16.2 Å². The van der Waals surface area contributed by atoms with Crippen molar-refractivity contribution in [3.63, 3.8) is 0 Å². The molecule has 0 fully saturated rings. The minimum Gasteiger partial charge on any atom is -0.310 e. The third-order valence-corrected chi connectivity index (χ3v) is 19.3. The quantitative estimate of drug-likeness (QED) is 0.0890. The lowest BCUT2D eigenvalue weighted by Crippen LogP contribution is -2.23. The second kappa shape index (κ2) is 21.1. The van der Waals surface area contributed by atoms with Gasteiger partial charge in [0.1, 0.15) is 0 Å². The highest BCUT2D eigenvalue weighted by Crippen LogP contribution is 2.57. The topological polar surface area (TPSA) is 6.48 Å². The van der Waals surface area contributed by atoms with Crippen molar-refractivity contribution < 1.29 is 0 Å². The van der Waals surface area contributed by atoms with Gasteiger partial charge in [-0.1, -0.05) is 224 Å². The summed E-state index contributed by atoms with van der Waals surface area (Å²) in [5, 5.41) is 0. The molecule has 0 spiro atoms. The van der Waals surface area contributed by atoms with Gasteiger partial charge in [0.15, 0.2) is 0 Å². The van der Waals surface area contributed by atoms with Gasteiger partial charge in [-0.25, -0.2) is 0 Å². The SMILES string of the molecule is CCC1(CC)c2cc(/C=C/c3ccc4c(c3)C(CC)(CC)c3cc(N(c5ccccc5)c5ccccc5)ccc3-4)ccc2-c2ccc(/C=C/c3ccc4c(c3)C(CC)(CC)c3cc(N(c5ccccc5)c5ccccc5)ccc3-4)cc21. The molecular weight excluding hydrogens is 977 g/mol. The lowest BCUT2D eigenvalue weighted by molar-refractivity contribution is 0.490. The van der Waals surface area contributed by atoms with Gasteiger partial charge < -0.3 is 9.80 Å². The first kappa shape index (κ1) is 51.7. The highest BCUT2D eigenvalue weighted by molar-refractivity contribution is 5.90. The summed E-state index contributed by atoms with van der Waals surface area (Å²) in [4.78, 5) is 4.78. The smallest absolute Gasteiger partial charge is 0.0465 e. The number of para-hydroxylation sites is 4. The van der Waals surface area contributed by atoms with E-state index in [1.807, 2.05) is 0 Å². The van der Waals surface area contributed by atoms with E-state index in [0.29, 0.717) is 0 Å². The summed E-state index contributed by atoms with van der Waals surface area (Å²) >= 11 is 0. The van der Waals surface area contributed by atoms with E-state index in [2.05, 4.69) is 306 Å². The summed E-state index contributed by atoms with van der Waals surface area (Å²) in [5.41, 5.74) is 28.6. The molecule has 3 aliphatic rings. The average Bonchev–Trinajstić information content (AvgIpc) is 4.11. The molecule has 0 N–H and O–H groups in total. The van der Waals surface area contributed by atoms with Gasteiger partial charge in [0.05, 0.1) is 0 Å². The predicted molar refractivity (Wildman–Crippen MR) is 347 cm³/mol. The Morgan fingerprint density at radius 1 is 0.235 bits per heavy atom. The molecule has 0 unspecified atom stereocenters. The van der Waals surface area contributed by atoms with Crippen molar-refractivity contribution in [3.05, 3.63) is 286 Å². The molecule has 0 aliphatic heterocycles. The Labute approximate surface area is 481 Å². The fourth-order valence-electron chi connectivity index (χ4n) is 14.8. The number of rotatable bonds is 16. The summed E-state index contributed by atoms with van der Waals surface area (Å²) in [7, 11) is 0. The van der Waals surface area contributed by atoms with Crippen LogP contribution in [0, 0.1) is 0 Å². The van der Waals surface area contributed by atoms with Gasteiger partial charge in [-0.2, -0.15) is 0 Å². The third kappa shape index (κ3) is 8.44. The number of fused-ring (bicyclic) bond motifs is 9. The second-order valence-electron chi connectivity index (χ2n) is 22.7. The summed E-state index contributed by atoms with van der Waals surface area (Å²) in [6.07, 6.45) is 15.6. The Balaban J connectivity index is 0.771. The molecule has 0 amide bonds. The van der Waals surface area contributed by atoms with Gasteiger partial charge in [0.2, 0.25) is 0 Å². The summed E-state index contributed by atoms with van der Waals surface area (Å²) in [6, 6.07) is 86.2. The molecule has 398 valence electrons. The summed E-state index contributed by atoms with van der Waals surface area (Å²) < 4.78 is 0. The first-order valence-corrected chi connectivity index (χ1v) is 29.8. The van der Waals surface area contributed by atoms with Crippen molar-refractivity contribution in [3.8, 4) is 33.4 Å². The third-order valence-electron chi connectivity index (χ3n) is 19.3. The molecule has 0 saturated carbocycles. The first-order chi connectivity index (χ1) is 39.8. The summed E-state index contributed by atoms with van der Waals surface area (Å²) in [5.74, 6) is 0. The fraction of sp³-hybridized carbons (Fsp3) is 0.190. The molecule has 0 saturated heterocycles. The van der Waals surface area contributed by atoms with E-state index in [1.165, 1.54) is 100 Å². The Morgan fingerprint density at radius 3 is 0.667 bits per heavy atom. The molecule has 2 heteroatoms. The van der Waals surface area contributed by atoms with E-state index in [9.17, 15) is 0 Å². The van der Waals surface area contributed by atoms with Crippen LogP contribution < -0.4 is 9.80 Å². The van der Waals surface area contributed by atoms with E-state index in [4.69, 9.17) is 0 Å². The molecular formula is C79H72N2. The number of benzene rings is 10. The van der Waals surface area contributed by atoms with Crippen LogP contribution in [-0.4, -0.2) is 0 Å². The van der Waals surface area contributed by atoms with Crippen molar-refractivity contribution in [2.45, 2.75) is 96.3 Å². The maximum absolute atomic E-state index is 2.49. The molecule has 81 heavy (non-hydrogen) atoms. The van der Waals surface area contributed by atoms with Crippen LogP contribution in [0.5, 0.6) is 0 Å². The highest BCUT2D eigenvalue weighted by Gasteiger charge is 2.44. The molecule has 2 nitrogen and oxygen atoms in total. The molecule has 0 aromatic heterocycles. The molecule has 10 aromatic carbocycles. The monoisotopic (exact) mass is 1050 g/mol. The number of hydrogen-bond donors (Lipinski definition) is 0. The highest BCUT2D eigenvalue weighted by atomic mass is 15.1. The van der Waals surface area contributed by atoms with Gasteiger partial charge in [-0.05, 0) is 200 Å². The number of anilines is 6. The Hall–Kier alpha value is -8.72. The van der Waals surface area contributed by atoms with Crippen molar-refractivity contribution in [1.82, 2.24) is 0 Å². The van der Waals surface area contributed by atoms with Crippen LogP contribution in [-0.2, 0) is 16.2 Å². The van der Waals surface area contributed by atoms with Crippen molar-refractivity contribution in [2.24, 2.45) is 0 Å². The zero-order valence-corrected chi connectivity index (χ0v) is 47.9. The predicted octanol–water partition coefficient (Wildman–Crippen LogP) is 22.2. The lowest BCUT2D eigenvalue weighted by atomic mass is 9.73. The molecule has 13 rings (SSSR count). The largest absolute Gasteiger partial charge is 0.310 e. The summed E-state index contributed by atoms with van der Waals surface area (Å²) in [6.45, 7) is 14.3. The van der Waals surface area contributed by atoms with Crippen molar-refractivity contribution in [1.29, 1.82) is 0 Å². The van der Waals surface area contributed by atoms with Gasteiger partial charge in [0.25, 0.3) is 0 Å². The molecule has 0 bridgehead atoms. The van der Waals surface area contributed by atoms with E-state index in [1.54, 1.807) is 0 Å². The van der Waals surface area contributed by atoms with E-state index in [0.717, 1.165) is 61.3 Å². The van der Waals surface area contributed by atoms with Crippen LogP contribution in [0.15, 0.2) is 231 Å². The van der Waals surface area contributed by atoms with Crippen LogP contribution in [0.2, 0.25) is 0 Å². The Bertz CT molecular complexity index is 3670. The van der Waals surface area contributed by atoms with Crippen LogP contribution in [0.25, 0.3) is 57.7 Å². The van der Waals surface area contributed by atoms with Gasteiger partial charge >= 0.3 is 0 Å². The van der Waals surface area contributed by atoms with Gasteiger partial charge in [-0.15, -0.1) is 0 Å². The molecule has 10 aromatic rings. The minimum absolute atomic E-state index is 0.0638. The maximum Gasteiger partial charge on any atom is 0.0465 e. The lowest BCUT2D eigenvalue weighted by Gasteiger charge is -2.32. The van der Waals surface area contributed by atoms with E-state index >= 15 is 0 Å². The first-order valence-electron chi connectivity index (χ1n) is 29.8. The zero-order chi connectivity index (χ0) is 55.3. The molecule has 0 heterocycles. The zero-order valence-electron chi connectivity index (χ0n) is 47.9.